The van der Waals surface area contributed by atoms with Crippen LogP contribution in [0.2, 0.25) is 0 Å². The monoisotopic (exact) mass is 217 g/mol. The minimum absolute atomic E-state index is 0.0193. The molecule has 0 saturated heterocycles. The van der Waals surface area contributed by atoms with Crippen LogP contribution in [0.15, 0.2) is 0 Å². The van der Waals surface area contributed by atoms with Gasteiger partial charge in [-0.15, -0.1) is 11.6 Å². The second-order valence-corrected chi connectivity index (χ2v) is 3.55. The Balaban J connectivity index is 3.18. The van der Waals surface area contributed by atoms with Crippen molar-refractivity contribution in [3.05, 3.63) is 0 Å². The molecule has 0 aromatic carbocycles. The maximum absolute atomic E-state index is 11.7. The molecule has 0 aromatic heterocycles. The molecule has 5 heteroatoms. The molecule has 1 nitrogen and oxygen atoms in total. The van der Waals surface area contributed by atoms with E-state index in [0.717, 1.165) is 6.42 Å². The standard InChI is InChI=1S/C8H15ClF3N/c1-2-7(9)6-13-5-3-4-8(10,11)12/h7,13H,2-6H2,1H3. The molecular formula is C8H15ClF3N. The first-order valence-corrected chi connectivity index (χ1v) is 4.81. The van der Waals surface area contributed by atoms with Crippen LogP contribution in [0.25, 0.3) is 0 Å². The molecule has 0 spiro atoms. The first-order chi connectivity index (χ1) is 5.95. The molecule has 0 fully saturated rings. The van der Waals surface area contributed by atoms with Crippen molar-refractivity contribution in [3.8, 4) is 0 Å². The molecule has 0 aliphatic rings. The molecule has 0 amide bonds. The summed E-state index contributed by atoms with van der Waals surface area (Å²) in [5.74, 6) is 0. The second kappa shape index (κ2) is 6.49. The summed E-state index contributed by atoms with van der Waals surface area (Å²) in [7, 11) is 0. The second-order valence-electron chi connectivity index (χ2n) is 2.93. The van der Waals surface area contributed by atoms with Gasteiger partial charge >= 0.3 is 6.18 Å². The average Bonchev–Trinajstić information content (AvgIpc) is 2.01. The lowest BCUT2D eigenvalue weighted by Gasteiger charge is -2.09. The lowest BCUT2D eigenvalue weighted by atomic mass is 10.3. The smallest absolute Gasteiger partial charge is 0.315 e. The van der Waals surface area contributed by atoms with E-state index in [9.17, 15) is 13.2 Å². The zero-order valence-corrected chi connectivity index (χ0v) is 8.38. The highest BCUT2D eigenvalue weighted by molar-refractivity contribution is 6.20. The average molecular weight is 218 g/mol. The van der Waals surface area contributed by atoms with Gasteiger partial charge in [0.1, 0.15) is 0 Å². The fraction of sp³-hybridized carbons (Fsp3) is 1.00. The van der Waals surface area contributed by atoms with Crippen LogP contribution >= 0.6 is 11.6 Å². The molecular weight excluding hydrogens is 203 g/mol. The Labute approximate surface area is 81.6 Å². The fourth-order valence-corrected chi connectivity index (χ4v) is 0.926. The highest BCUT2D eigenvalue weighted by atomic mass is 35.5. The first kappa shape index (κ1) is 13.0. The largest absolute Gasteiger partial charge is 0.389 e. The van der Waals surface area contributed by atoms with Crippen molar-refractivity contribution in [3.63, 3.8) is 0 Å². The van der Waals surface area contributed by atoms with Crippen LogP contribution in [-0.2, 0) is 0 Å². The lowest BCUT2D eigenvalue weighted by molar-refractivity contribution is -0.135. The predicted octanol–water partition coefficient (Wildman–Crippen LogP) is 2.94. The summed E-state index contributed by atoms with van der Waals surface area (Å²) < 4.78 is 35.0. The normalized spacial score (nSPS) is 14.5. The Morgan fingerprint density at radius 2 is 2.00 bits per heavy atom. The van der Waals surface area contributed by atoms with Crippen molar-refractivity contribution in [2.45, 2.75) is 37.7 Å². The van der Waals surface area contributed by atoms with Gasteiger partial charge in [0.05, 0.1) is 0 Å². The van der Waals surface area contributed by atoms with Gasteiger partial charge in [-0.3, -0.25) is 0 Å². The van der Waals surface area contributed by atoms with E-state index in [0.29, 0.717) is 13.1 Å². The predicted molar refractivity (Wildman–Crippen MR) is 48.1 cm³/mol. The van der Waals surface area contributed by atoms with E-state index < -0.39 is 12.6 Å². The van der Waals surface area contributed by atoms with Crippen LogP contribution in [0.4, 0.5) is 13.2 Å². The maximum Gasteiger partial charge on any atom is 0.389 e. The maximum atomic E-state index is 11.7. The molecule has 0 radical (unpaired) electrons. The van der Waals surface area contributed by atoms with Crippen molar-refractivity contribution in [2.24, 2.45) is 0 Å². The Bertz CT molecular complexity index is 127. The summed E-state index contributed by atoms with van der Waals surface area (Å²) in [6.45, 7) is 2.90. The van der Waals surface area contributed by atoms with Crippen LogP contribution in [-0.4, -0.2) is 24.6 Å². The fourth-order valence-electron chi connectivity index (χ4n) is 0.817. The van der Waals surface area contributed by atoms with E-state index in [-0.39, 0.29) is 11.8 Å². The van der Waals surface area contributed by atoms with E-state index in [4.69, 9.17) is 11.6 Å². The Morgan fingerprint density at radius 3 is 2.46 bits per heavy atom. The Morgan fingerprint density at radius 1 is 1.38 bits per heavy atom. The van der Waals surface area contributed by atoms with Gasteiger partial charge in [0.2, 0.25) is 0 Å². The minimum atomic E-state index is -4.03. The van der Waals surface area contributed by atoms with Crippen LogP contribution in [0.1, 0.15) is 26.2 Å². The van der Waals surface area contributed by atoms with Gasteiger partial charge in [0.25, 0.3) is 0 Å². The third-order valence-electron chi connectivity index (χ3n) is 1.62. The number of hydrogen-bond acceptors (Lipinski definition) is 1. The molecule has 0 aliphatic carbocycles. The quantitative estimate of drug-likeness (QED) is 0.533. The summed E-state index contributed by atoms with van der Waals surface area (Å²) in [6.07, 6.45) is -3.81. The summed E-state index contributed by atoms with van der Waals surface area (Å²) in [6, 6.07) is 0. The van der Waals surface area contributed by atoms with Gasteiger partial charge < -0.3 is 5.32 Å². The third kappa shape index (κ3) is 9.96. The molecule has 1 unspecified atom stereocenters. The Hall–Kier alpha value is 0.0400. The molecule has 0 bridgehead atoms. The zero-order valence-electron chi connectivity index (χ0n) is 7.62. The van der Waals surface area contributed by atoms with Crippen molar-refractivity contribution in [1.82, 2.24) is 5.32 Å². The molecule has 0 aromatic rings. The van der Waals surface area contributed by atoms with Crippen LogP contribution in [0.5, 0.6) is 0 Å². The van der Waals surface area contributed by atoms with E-state index in [1.165, 1.54) is 0 Å². The van der Waals surface area contributed by atoms with E-state index in [1.807, 2.05) is 6.92 Å². The van der Waals surface area contributed by atoms with Gasteiger partial charge in [-0.2, -0.15) is 13.2 Å². The number of hydrogen-bond donors (Lipinski definition) is 1. The Kier molecular flexibility index (Phi) is 6.51. The molecule has 13 heavy (non-hydrogen) atoms. The van der Waals surface area contributed by atoms with Crippen LogP contribution in [0.3, 0.4) is 0 Å². The SMILES string of the molecule is CCC(Cl)CNCCCC(F)(F)F. The summed E-state index contributed by atoms with van der Waals surface area (Å²) in [5, 5.41) is 2.90. The summed E-state index contributed by atoms with van der Waals surface area (Å²) >= 11 is 5.75. The molecule has 0 saturated carbocycles. The minimum Gasteiger partial charge on any atom is -0.315 e. The van der Waals surface area contributed by atoms with Crippen molar-refractivity contribution in [1.29, 1.82) is 0 Å². The van der Waals surface area contributed by atoms with E-state index in [2.05, 4.69) is 5.32 Å². The zero-order chi connectivity index (χ0) is 10.3. The topological polar surface area (TPSA) is 12.0 Å². The first-order valence-electron chi connectivity index (χ1n) is 4.37. The number of rotatable bonds is 6. The third-order valence-corrected chi connectivity index (χ3v) is 2.09. The van der Waals surface area contributed by atoms with Crippen molar-refractivity contribution >= 4 is 11.6 Å². The van der Waals surface area contributed by atoms with Gasteiger partial charge in [-0.05, 0) is 19.4 Å². The van der Waals surface area contributed by atoms with Gasteiger partial charge in [-0.25, -0.2) is 0 Å². The number of halogens is 4. The molecule has 0 aliphatic heterocycles. The number of nitrogens with one attached hydrogen (secondary N) is 1. The summed E-state index contributed by atoms with van der Waals surface area (Å²) in [4.78, 5) is 0. The highest BCUT2D eigenvalue weighted by Crippen LogP contribution is 2.20. The molecule has 0 rings (SSSR count). The highest BCUT2D eigenvalue weighted by Gasteiger charge is 2.25. The van der Waals surface area contributed by atoms with Crippen molar-refractivity contribution < 1.29 is 13.2 Å². The van der Waals surface area contributed by atoms with Gasteiger partial charge in [-0.1, -0.05) is 6.92 Å². The van der Waals surface area contributed by atoms with Gasteiger partial charge in [0, 0.05) is 18.3 Å². The van der Waals surface area contributed by atoms with Gasteiger partial charge in [0.15, 0.2) is 0 Å². The molecule has 0 heterocycles. The number of alkyl halides is 4. The molecule has 1 N–H and O–H groups in total. The molecule has 80 valence electrons. The van der Waals surface area contributed by atoms with E-state index in [1.54, 1.807) is 0 Å². The molecule has 1 atom stereocenters. The summed E-state index contributed by atoms with van der Waals surface area (Å²) in [5.41, 5.74) is 0. The van der Waals surface area contributed by atoms with Crippen LogP contribution in [0, 0.1) is 0 Å². The van der Waals surface area contributed by atoms with Crippen LogP contribution < -0.4 is 5.32 Å². The lowest BCUT2D eigenvalue weighted by Crippen LogP contribution is -2.24. The van der Waals surface area contributed by atoms with E-state index >= 15 is 0 Å². The van der Waals surface area contributed by atoms with Crippen molar-refractivity contribution in [2.75, 3.05) is 13.1 Å².